The van der Waals surface area contributed by atoms with Crippen molar-refractivity contribution in [3.05, 3.63) is 0 Å². The number of halogens is 2. The Hall–Kier alpha value is 0.570. The van der Waals surface area contributed by atoms with Crippen LogP contribution in [0.25, 0.3) is 0 Å². The molecule has 1 atom stereocenters. The average molecular weight is 114 g/mol. The van der Waals surface area contributed by atoms with Crippen LogP contribution in [0.3, 0.4) is 0 Å². The van der Waals surface area contributed by atoms with E-state index in [0.29, 0.717) is 0 Å². The first-order valence-electron chi connectivity index (χ1n) is 1.13. The molecule has 31 valence electrons. The molecule has 0 aromatic rings. The Morgan fingerprint density at radius 1 is 2.00 bits per heavy atom. The number of hydrogen-bond donors (Lipinski definition) is 0. The van der Waals surface area contributed by atoms with Crippen molar-refractivity contribution >= 4 is 24.2 Å². The van der Waals surface area contributed by atoms with Crippen LogP contribution in [0.1, 0.15) is 0 Å². The fraction of sp³-hybridized carbons (Fsp3) is 1.00. The first-order chi connectivity index (χ1) is 2.27. The molecule has 0 aliphatic carbocycles. The zero-order valence-corrected chi connectivity index (χ0v) is 4.02. The highest BCUT2D eigenvalue weighted by Gasteiger charge is 1.90. The Bertz CT molecular complexity index is 23.6. The SMILES string of the molecule is FC([S])CCl. The molecule has 5 heavy (non-hydrogen) atoms. The van der Waals surface area contributed by atoms with Gasteiger partial charge in [0.05, 0.1) is 5.88 Å². The van der Waals surface area contributed by atoms with Crippen LogP contribution in [-0.2, 0) is 0 Å². The Balaban J connectivity index is 2.54. The van der Waals surface area contributed by atoms with E-state index in [4.69, 9.17) is 11.6 Å². The van der Waals surface area contributed by atoms with Crippen molar-refractivity contribution in [2.24, 2.45) is 0 Å². The molecule has 1 unspecified atom stereocenters. The topological polar surface area (TPSA) is 0 Å². The van der Waals surface area contributed by atoms with Crippen LogP contribution >= 0.6 is 24.2 Å². The molecule has 0 spiro atoms. The smallest absolute Gasteiger partial charge is 0.169 e. The van der Waals surface area contributed by atoms with E-state index in [0.717, 1.165) is 0 Å². The summed E-state index contributed by atoms with van der Waals surface area (Å²) in [7, 11) is 0. The summed E-state index contributed by atoms with van der Waals surface area (Å²) in [5.41, 5.74) is -1.27. The first kappa shape index (κ1) is 5.57. The highest BCUT2D eigenvalue weighted by molar-refractivity contribution is 7.80. The summed E-state index contributed by atoms with van der Waals surface area (Å²) in [4.78, 5) is 0. The van der Waals surface area contributed by atoms with E-state index in [2.05, 4.69) is 12.6 Å². The van der Waals surface area contributed by atoms with E-state index in [1.807, 2.05) is 0 Å². The van der Waals surface area contributed by atoms with Gasteiger partial charge in [-0.1, -0.05) is 12.6 Å². The molecule has 0 bridgehead atoms. The van der Waals surface area contributed by atoms with Crippen molar-refractivity contribution in [1.29, 1.82) is 0 Å². The molecule has 0 nitrogen and oxygen atoms in total. The summed E-state index contributed by atoms with van der Waals surface area (Å²) in [5, 5.41) is 0. The van der Waals surface area contributed by atoms with Gasteiger partial charge in [-0.05, 0) is 0 Å². The van der Waals surface area contributed by atoms with Crippen molar-refractivity contribution in [2.75, 3.05) is 5.88 Å². The van der Waals surface area contributed by atoms with Crippen LogP contribution in [0, 0.1) is 0 Å². The Morgan fingerprint density at radius 2 is 2.20 bits per heavy atom. The van der Waals surface area contributed by atoms with Crippen LogP contribution in [0.15, 0.2) is 0 Å². The lowest BCUT2D eigenvalue weighted by atomic mass is 10.9. The standard InChI is InChI=1S/C2H3ClFS/c3-1-2(4)5/h2H,1H2. The van der Waals surface area contributed by atoms with Crippen molar-refractivity contribution < 1.29 is 4.39 Å². The second-order valence-corrected chi connectivity index (χ2v) is 1.38. The number of hydrogen-bond acceptors (Lipinski definition) is 0. The molecule has 0 saturated heterocycles. The third kappa shape index (κ3) is 4.57. The molecule has 0 N–H and O–H groups in total. The molecule has 1 radical (unpaired) electrons. The zero-order valence-electron chi connectivity index (χ0n) is 2.45. The summed E-state index contributed by atoms with van der Waals surface area (Å²) >= 11 is 8.84. The zero-order chi connectivity index (χ0) is 4.28. The van der Waals surface area contributed by atoms with Crippen LogP contribution in [0.5, 0.6) is 0 Å². The molecular formula is C2H3ClFS. The molecular weight excluding hydrogens is 111 g/mol. The van der Waals surface area contributed by atoms with E-state index in [-0.39, 0.29) is 5.88 Å². The second kappa shape index (κ2) is 2.79. The maximum Gasteiger partial charge on any atom is 0.169 e. The summed E-state index contributed by atoms with van der Waals surface area (Å²) in [6, 6.07) is 0. The molecule has 3 heteroatoms. The Labute approximate surface area is 40.7 Å². The van der Waals surface area contributed by atoms with Crippen LogP contribution in [-0.4, -0.2) is 11.4 Å². The van der Waals surface area contributed by atoms with Gasteiger partial charge in [0, 0.05) is 0 Å². The third-order valence-corrected chi connectivity index (χ3v) is 0.742. The van der Waals surface area contributed by atoms with Crippen molar-refractivity contribution in [1.82, 2.24) is 0 Å². The molecule has 0 heterocycles. The van der Waals surface area contributed by atoms with Crippen LogP contribution in [0.4, 0.5) is 4.39 Å². The molecule has 0 rings (SSSR count). The summed E-state index contributed by atoms with van der Waals surface area (Å²) < 4.78 is 11.1. The van der Waals surface area contributed by atoms with Crippen molar-refractivity contribution in [2.45, 2.75) is 5.50 Å². The van der Waals surface area contributed by atoms with E-state index in [9.17, 15) is 4.39 Å². The summed E-state index contributed by atoms with van der Waals surface area (Å²) in [6.07, 6.45) is 0. The molecule has 0 aromatic carbocycles. The van der Waals surface area contributed by atoms with Gasteiger partial charge in [-0.15, -0.1) is 11.6 Å². The predicted octanol–water partition coefficient (Wildman–Crippen LogP) is 1.72. The maximum atomic E-state index is 11.1. The number of alkyl halides is 2. The lowest BCUT2D eigenvalue weighted by Gasteiger charge is -1.81. The van der Waals surface area contributed by atoms with E-state index in [1.165, 1.54) is 0 Å². The quantitative estimate of drug-likeness (QED) is 0.455. The van der Waals surface area contributed by atoms with Crippen LogP contribution < -0.4 is 0 Å². The predicted molar refractivity (Wildman–Crippen MR) is 23.2 cm³/mol. The molecule has 0 saturated carbocycles. The fourth-order valence-electron chi connectivity index (χ4n) is 0. The van der Waals surface area contributed by atoms with Gasteiger partial charge in [-0.25, -0.2) is 4.39 Å². The number of rotatable bonds is 1. The Morgan fingerprint density at radius 3 is 2.20 bits per heavy atom. The van der Waals surface area contributed by atoms with Gasteiger partial charge < -0.3 is 0 Å². The van der Waals surface area contributed by atoms with Gasteiger partial charge in [0.15, 0.2) is 5.50 Å². The Kier molecular flexibility index (Phi) is 3.11. The molecule has 0 amide bonds. The van der Waals surface area contributed by atoms with Gasteiger partial charge in [0.2, 0.25) is 0 Å². The minimum absolute atomic E-state index is 0.0741. The maximum absolute atomic E-state index is 11.1. The molecule has 0 aliphatic heterocycles. The largest absolute Gasteiger partial charge is 0.233 e. The molecule has 0 aliphatic rings. The highest BCUT2D eigenvalue weighted by Crippen LogP contribution is 1.95. The third-order valence-electron chi connectivity index (χ3n) is 0.121. The fourth-order valence-corrected chi connectivity index (χ4v) is 0. The van der Waals surface area contributed by atoms with Gasteiger partial charge >= 0.3 is 0 Å². The lowest BCUT2D eigenvalue weighted by molar-refractivity contribution is 0.491. The van der Waals surface area contributed by atoms with E-state index in [1.54, 1.807) is 0 Å². The second-order valence-electron chi connectivity index (χ2n) is 0.564. The lowest BCUT2D eigenvalue weighted by Crippen LogP contribution is -1.85. The summed E-state index contributed by atoms with van der Waals surface area (Å²) in [5.74, 6) is -0.0741. The van der Waals surface area contributed by atoms with Gasteiger partial charge in [-0.3, -0.25) is 0 Å². The van der Waals surface area contributed by atoms with Gasteiger partial charge in [-0.2, -0.15) is 0 Å². The minimum Gasteiger partial charge on any atom is -0.233 e. The first-order valence-corrected chi connectivity index (χ1v) is 2.14. The molecule has 0 fully saturated rings. The molecule has 0 aromatic heterocycles. The van der Waals surface area contributed by atoms with E-state index < -0.39 is 5.50 Å². The van der Waals surface area contributed by atoms with E-state index >= 15 is 0 Å². The van der Waals surface area contributed by atoms with Gasteiger partial charge in [0.25, 0.3) is 0 Å². The van der Waals surface area contributed by atoms with Gasteiger partial charge in [0.1, 0.15) is 0 Å². The van der Waals surface area contributed by atoms with Crippen molar-refractivity contribution in [3.63, 3.8) is 0 Å². The average Bonchev–Trinajstić information content (AvgIpc) is 1.38. The monoisotopic (exact) mass is 113 g/mol. The minimum atomic E-state index is -1.27. The normalized spacial score (nSPS) is 15.0. The highest BCUT2D eigenvalue weighted by atomic mass is 35.5. The van der Waals surface area contributed by atoms with Crippen molar-refractivity contribution in [3.8, 4) is 0 Å². The summed E-state index contributed by atoms with van der Waals surface area (Å²) in [6.45, 7) is 0. The van der Waals surface area contributed by atoms with Crippen LogP contribution in [0.2, 0.25) is 0 Å².